The van der Waals surface area contributed by atoms with Gasteiger partial charge in [-0.1, -0.05) is 31.2 Å². The van der Waals surface area contributed by atoms with E-state index in [0.717, 1.165) is 12.1 Å². The second-order valence-corrected chi connectivity index (χ2v) is 4.40. The Morgan fingerprint density at radius 2 is 1.95 bits per heavy atom. The van der Waals surface area contributed by atoms with Crippen molar-refractivity contribution in [3.63, 3.8) is 0 Å². The first kappa shape index (κ1) is 16.5. The van der Waals surface area contributed by atoms with Crippen molar-refractivity contribution in [3.8, 4) is 0 Å². The first-order chi connectivity index (χ1) is 8.90. The molecule has 0 saturated heterocycles. The highest BCUT2D eigenvalue weighted by atomic mass is 35.5. The predicted molar refractivity (Wildman–Crippen MR) is 87.0 cm³/mol. The van der Waals surface area contributed by atoms with Crippen LogP contribution in [-0.4, -0.2) is 15.0 Å². The number of halogens is 2. The van der Waals surface area contributed by atoms with Crippen LogP contribution in [0.4, 0.5) is 0 Å². The highest BCUT2D eigenvalue weighted by Crippen LogP contribution is 2.30. The zero-order valence-corrected chi connectivity index (χ0v) is 12.7. The van der Waals surface area contributed by atoms with Crippen molar-refractivity contribution < 1.29 is 0 Å². The molecule has 0 aliphatic rings. The lowest BCUT2D eigenvalue weighted by Gasteiger charge is -2.14. The van der Waals surface area contributed by atoms with Crippen LogP contribution in [0.2, 0.25) is 0 Å². The van der Waals surface area contributed by atoms with Gasteiger partial charge in [0.25, 0.3) is 0 Å². The molecule has 2 heterocycles. The van der Waals surface area contributed by atoms with Crippen molar-refractivity contribution in [2.75, 3.05) is 0 Å². The number of aromatic amines is 1. The summed E-state index contributed by atoms with van der Waals surface area (Å²) >= 11 is 0. The molecule has 3 rings (SSSR count). The van der Waals surface area contributed by atoms with Gasteiger partial charge in [0.2, 0.25) is 0 Å². The van der Waals surface area contributed by atoms with Gasteiger partial charge in [-0.25, -0.2) is 4.98 Å². The molecule has 5 heteroatoms. The fourth-order valence-corrected chi connectivity index (χ4v) is 2.47. The fourth-order valence-electron chi connectivity index (χ4n) is 2.47. The van der Waals surface area contributed by atoms with Crippen molar-refractivity contribution in [3.05, 3.63) is 60.4 Å². The zero-order valence-electron chi connectivity index (χ0n) is 11.1. The Kier molecular flexibility index (Phi) is 5.99. The number of hydrogen-bond donors (Lipinski definition) is 1. The monoisotopic (exact) mass is 309 g/mol. The Morgan fingerprint density at radius 1 is 1.15 bits per heavy atom. The first-order valence-electron chi connectivity index (χ1n) is 6.21. The van der Waals surface area contributed by atoms with Gasteiger partial charge >= 0.3 is 0 Å². The molecule has 3 nitrogen and oxygen atoms in total. The molecule has 2 aromatic heterocycles. The van der Waals surface area contributed by atoms with E-state index in [1.807, 2.05) is 24.7 Å². The van der Waals surface area contributed by atoms with Crippen molar-refractivity contribution in [1.29, 1.82) is 0 Å². The van der Waals surface area contributed by atoms with E-state index in [-0.39, 0.29) is 24.8 Å². The molecule has 0 aliphatic heterocycles. The molecule has 1 N–H and O–H groups in total. The van der Waals surface area contributed by atoms with Gasteiger partial charge in [-0.05, 0) is 17.4 Å². The average molecular weight is 310 g/mol. The smallest absolute Gasteiger partial charge is 0.0923 e. The van der Waals surface area contributed by atoms with Crippen molar-refractivity contribution in [2.45, 2.75) is 19.3 Å². The molecule has 0 amide bonds. The average Bonchev–Trinajstić information content (AvgIpc) is 2.94. The maximum Gasteiger partial charge on any atom is 0.0923 e. The topological polar surface area (TPSA) is 41.6 Å². The summed E-state index contributed by atoms with van der Waals surface area (Å²) in [4.78, 5) is 11.8. The number of nitrogens with one attached hydrogen (secondary N) is 1. The van der Waals surface area contributed by atoms with Crippen LogP contribution in [0.3, 0.4) is 0 Å². The predicted octanol–water partition coefficient (Wildman–Crippen LogP) is 4.34. The summed E-state index contributed by atoms with van der Waals surface area (Å²) < 4.78 is 0. The van der Waals surface area contributed by atoms with Crippen LogP contribution >= 0.6 is 24.8 Å². The molecule has 0 radical (unpaired) electrons. The maximum absolute atomic E-state index is 4.39. The van der Waals surface area contributed by atoms with Crippen LogP contribution in [0, 0.1) is 0 Å². The Morgan fingerprint density at radius 3 is 2.65 bits per heavy atom. The van der Waals surface area contributed by atoms with Crippen LogP contribution in [0.15, 0.2) is 49.2 Å². The van der Waals surface area contributed by atoms with Gasteiger partial charge < -0.3 is 4.98 Å². The molecule has 0 spiro atoms. The lowest BCUT2D eigenvalue weighted by Crippen LogP contribution is -2.01. The van der Waals surface area contributed by atoms with Crippen LogP contribution < -0.4 is 0 Å². The minimum Gasteiger partial charge on any atom is -0.351 e. The SMILES string of the molecule is CCC(c1c[nH]cn1)c1cncc2ccccc12.Cl.Cl. The quantitative estimate of drug-likeness (QED) is 0.781. The summed E-state index contributed by atoms with van der Waals surface area (Å²) in [6, 6.07) is 8.37. The summed E-state index contributed by atoms with van der Waals surface area (Å²) in [6.07, 6.45) is 8.59. The van der Waals surface area contributed by atoms with Crippen LogP contribution in [0.25, 0.3) is 10.8 Å². The van der Waals surface area contributed by atoms with Gasteiger partial charge in [0.15, 0.2) is 0 Å². The molecule has 0 fully saturated rings. The highest BCUT2D eigenvalue weighted by Gasteiger charge is 2.16. The second-order valence-electron chi connectivity index (χ2n) is 4.40. The summed E-state index contributed by atoms with van der Waals surface area (Å²) in [5.74, 6) is 0.301. The molecule has 0 aliphatic carbocycles. The number of rotatable bonds is 3. The number of hydrogen-bond acceptors (Lipinski definition) is 2. The molecule has 20 heavy (non-hydrogen) atoms. The van der Waals surface area contributed by atoms with E-state index in [9.17, 15) is 0 Å². The normalized spacial score (nSPS) is 11.4. The Bertz CT molecular complexity index is 648. The summed E-state index contributed by atoms with van der Waals surface area (Å²) in [7, 11) is 0. The van der Waals surface area contributed by atoms with E-state index in [4.69, 9.17) is 0 Å². The molecular weight excluding hydrogens is 293 g/mol. The summed E-state index contributed by atoms with van der Waals surface area (Å²) in [6.45, 7) is 2.18. The molecular formula is C15H17Cl2N3. The number of nitrogens with zero attached hydrogens (tertiary/aromatic N) is 2. The molecule has 1 aromatic carbocycles. The van der Waals surface area contributed by atoms with Gasteiger partial charge in [0, 0.05) is 29.9 Å². The van der Waals surface area contributed by atoms with Crippen molar-refractivity contribution in [1.82, 2.24) is 15.0 Å². The molecule has 3 aromatic rings. The number of benzene rings is 1. The Hall–Kier alpha value is -1.58. The van der Waals surface area contributed by atoms with Crippen LogP contribution in [0.1, 0.15) is 30.5 Å². The number of pyridine rings is 1. The summed E-state index contributed by atoms with van der Waals surface area (Å²) in [5, 5.41) is 2.45. The molecule has 106 valence electrons. The Balaban J connectivity index is 0.000001000. The van der Waals surface area contributed by atoms with Gasteiger partial charge in [-0.3, -0.25) is 4.98 Å². The number of H-pyrrole nitrogens is 1. The van der Waals surface area contributed by atoms with Gasteiger partial charge in [-0.15, -0.1) is 24.8 Å². The van der Waals surface area contributed by atoms with Crippen molar-refractivity contribution >= 4 is 35.6 Å². The van der Waals surface area contributed by atoms with E-state index in [1.165, 1.54) is 16.3 Å². The zero-order chi connectivity index (χ0) is 12.4. The van der Waals surface area contributed by atoms with E-state index < -0.39 is 0 Å². The fraction of sp³-hybridized carbons (Fsp3) is 0.200. The lowest BCUT2D eigenvalue weighted by atomic mass is 9.91. The molecule has 1 unspecified atom stereocenters. The minimum absolute atomic E-state index is 0. The van der Waals surface area contributed by atoms with Gasteiger partial charge in [0.05, 0.1) is 12.0 Å². The van der Waals surface area contributed by atoms with E-state index in [0.29, 0.717) is 5.92 Å². The van der Waals surface area contributed by atoms with Crippen molar-refractivity contribution in [2.24, 2.45) is 0 Å². The third-order valence-electron chi connectivity index (χ3n) is 3.36. The largest absolute Gasteiger partial charge is 0.351 e. The van der Waals surface area contributed by atoms with Crippen LogP contribution in [-0.2, 0) is 0 Å². The Labute approximate surface area is 130 Å². The molecule has 0 bridgehead atoms. The maximum atomic E-state index is 4.39. The van der Waals surface area contributed by atoms with Gasteiger partial charge in [-0.2, -0.15) is 0 Å². The first-order valence-corrected chi connectivity index (χ1v) is 6.21. The molecule has 0 saturated carbocycles. The minimum atomic E-state index is 0. The number of fused-ring (bicyclic) bond motifs is 1. The second kappa shape index (κ2) is 7.27. The number of imidazole rings is 1. The van der Waals surface area contributed by atoms with Gasteiger partial charge in [0.1, 0.15) is 0 Å². The van der Waals surface area contributed by atoms with E-state index in [2.05, 4.69) is 40.1 Å². The third-order valence-corrected chi connectivity index (χ3v) is 3.36. The van der Waals surface area contributed by atoms with Crippen LogP contribution in [0.5, 0.6) is 0 Å². The number of aromatic nitrogens is 3. The third kappa shape index (κ3) is 2.94. The lowest BCUT2D eigenvalue weighted by molar-refractivity contribution is 0.757. The standard InChI is InChI=1S/C15H15N3.2ClH/c1-2-12(15-9-17-10-18-15)14-8-16-7-11-5-3-4-6-13(11)14;;/h3-10,12H,2H2,1H3,(H,17,18);2*1H. The summed E-state index contributed by atoms with van der Waals surface area (Å²) in [5.41, 5.74) is 2.33. The van der Waals surface area contributed by atoms with E-state index in [1.54, 1.807) is 6.33 Å². The van der Waals surface area contributed by atoms with E-state index >= 15 is 0 Å². The molecule has 1 atom stereocenters. The highest BCUT2D eigenvalue weighted by molar-refractivity contribution is 5.86.